The highest BCUT2D eigenvalue weighted by molar-refractivity contribution is 7.89. The number of hydrogen-bond acceptors (Lipinski definition) is 4. The third-order valence-electron chi connectivity index (χ3n) is 3.59. The molecule has 0 saturated heterocycles. The van der Waals surface area contributed by atoms with E-state index < -0.39 is 15.9 Å². The van der Waals surface area contributed by atoms with E-state index in [1.807, 2.05) is 25.1 Å². The second-order valence-electron chi connectivity index (χ2n) is 5.92. The van der Waals surface area contributed by atoms with Crippen molar-refractivity contribution >= 4 is 27.5 Å². The van der Waals surface area contributed by atoms with Crippen LogP contribution >= 0.6 is 0 Å². The molecule has 2 aromatic carbocycles. The summed E-state index contributed by atoms with van der Waals surface area (Å²) < 4.78 is 25.3. The van der Waals surface area contributed by atoms with Gasteiger partial charge in [-0.3, -0.25) is 9.59 Å². The molecule has 0 radical (unpaired) electrons. The Balaban J connectivity index is 2.01. The number of carbonyl (C=O) groups excluding carboxylic acids is 2. The molecule has 26 heavy (non-hydrogen) atoms. The summed E-state index contributed by atoms with van der Waals surface area (Å²) in [4.78, 5) is 24.2. The molecule has 0 bridgehead atoms. The summed E-state index contributed by atoms with van der Waals surface area (Å²) in [6, 6.07) is 13.0. The quantitative estimate of drug-likeness (QED) is 0.802. The lowest BCUT2D eigenvalue weighted by atomic mass is 10.2. The molecule has 0 saturated carbocycles. The van der Waals surface area contributed by atoms with Crippen molar-refractivity contribution in [2.75, 3.05) is 26.0 Å². The van der Waals surface area contributed by atoms with Crippen LogP contribution in [-0.2, 0) is 14.8 Å². The van der Waals surface area contributed by atoms with Gasteiger partial charge in [-0.05, 0) is 42.8 Å². The van der Waals surface area contributed by atoms with E-state index >= 15 is 0 Å². The minimum Gasteiger partial charge on any atom is -0.343 e. The maximum atomic E-state index is 12.2. The van der Waals surface area contributed by atoms with Gasteiger partial charge >= 0.3 is 0 Å². The monoisotopic (exact) mass is 375 g/mol. The van der Waals surface area contributed by atoms with Gasteiger partial charge in [0.1, 0.15) is 0 Å². The molecule has 0 aliphatic heterocycles. The third kappa shape index (κ3) is 4.90. The topological polar surface area (TPSA) is 95.6 Å². The Bertz CT molecular complexity index is 924. The average Bonchev–Trinajstić information content (AvgIpc) is 2.59. The van der Waals surface area contributed by atoms with E-state index in [-0.39, 0.29) is 22.9 Å². The lowest BCUT2D eigenvalue weighted by Crippen LogP contribution is -2.33. The van der Waals surface area contributed by atoms with Gasteiger partial charge in [0.25, 0.3) is 5.91 Å². The van der Waals surface area contributed by atoms with Crippen molar-refractivity contribution in [3.8, 4) is 0 Å². The smallest absolute Gasteiger partial charge is 0.251 e. The van der Waals surface area contributed by atoms with Gasteiger partial charge in [0.15, 0.2) is 0 Å². The third-order valence-corrected chi connectivity index (χ3v) is 5.40. The van der Waals surface area contributed by atoms with Crippen LogP contribution in [0, 0.1) is 6.92 Å². The van der Waals surface area contributed by atoms with Crippen LogP contribution in [0.1, 0.15) is 15.9 Å². The SMILES string of the molecule is Cc1cccc(NC(=O)CNC(=O)c2cccc(S(=O)(=O)N(C)C)c2)c1. The van der Waals surface area contributed by atoms with Crippen molar-refractivity contribution in [2.24, 2.45) is 0 Å². The molecule has 2 amide bonds. The van der Waals surface area contributed by atoms with Gasteiger partial charge in [-0.15, -0.1) is 0 Å². The molecule has 0 aliphatic rings. The van der Waals surface area contributed by atoms with Gasteiger partial charge in [-0.2, -0.15) is 0 Å². The Labute approximate surface area is 153 Å². The summed E-state index contributed by atoms with van der Waals surface area (Å²) in [6.07, 6.45) is 0. The lowest BCUT2D eigenvalue weighted by molar-refractivity contribution is -0.115. The molecule has 0 atom stereocenters. The molecule has 138 valence electrons. The number of anilines is 1. The molecule has 2 rings (SSSR count). The Morgan fingerprint density at radius 2 is 1.73 bits per heavy atom. The van der Waals surface area contributed by atoms with E-state index in [2.05, 4.69) is 10.6 Å². The standard InChI is InChI=1S/C18H21N3O4S/c1-13-6-4-8-15(10-13)20-17(22)12-19-18(23)14-7-5-9-16(11-14)26(24,25)21(2)3/h4-11H,12H2,1-3H3,(H,19,23)(H,20,22). The molecule has 2 N–H and O–H groups in total. The van der Waals surface area contributed by atoms with Crippen LogP contribution in [0.5, 0.6) is 0 Å². The molecule has 0 fully saturated rings. The van der Waals surface area contributed by atoms with Crippen molar-refractivity contribution < 1.29 is 18.0 Å². The van der Waals surface area contributed by atoms with Crippen LogP contribution in [0.4, 0.5) is 5.69 Å². The van der Waals surface area contributed by atoms with Gasteiger partial charge in [0.2, 0.25) is 15.9 Å². The van der Waals surface area contributed by atoms with Gasteiger partial charge in [-0.25, -0.2) is 12.7 Å². The highest BCUT2D eigenvalue weighted by atomic mass is 32.2. The molecule has 0 aliphatic carbocycles. The predicted octanol–water partition coefficient (Wildman–Crippen LogP) is 1.61. The number of carbonyl (C=O) groups is 2. The van der Waals surface area contributed by atoms with Crippen molar-refractivity contribution in [2.45, 2.75) is 11.8 Å². The largest absolute Gasteiger partial charge is 0.343 e. The first-order valence-electron chi connectivity index (χ1n) is 7.87. The van der Waals surface area contributed by atoms with Crippen molar-refractivity contribution in [3.63, 3.8) is 0 Å². The van der Waals surface area contributed by atoms with E-state index in [1.165, 1.54) is 38.4 Å². The number of aryl methyl sites for hydroxylation is 1. The van der Waals surface area contributed by atoms with Crippen LogP contribution < -0.4 is 10.6 Å². The molecule has 0 unspecified atom stereocenters. The molecule has 8 heteroatoms. The Kier molecular flexibility index (Phi) is 6.12. The molecular weight excluding hydrogens is 354 g/mol. The first-order chi connectivity index (χ1) is 12.2. The first kappa shape index (κ1) is 19.6. The fourth-order valence-corrected chi connectivity index (χ4v) is 3.15. The predicted molar refractivity (Wildman–Crippen MR) is 99.5 cm³/mol. The first-order valence-corrected chi connectivity index (χ1v) is 9.31. The van der Waals surface area contributed by atoms with Gasteiger partial charge in [0.05, 0.1) is 11.4 Å². The molecule has 2 aromatic rings. The molecule has 0 heterocycles. The van der Waals surface area contributed by atoms with Gasteiger partial charge in [0, 0.05) is 25.3 Å². The molecule has 0 aromatic heterocycles. The minimum absolute atomic E-state index is 0.0133. The zero-order chi connectivity index (χ0) is 19.3. The summed E-state index contributed by atoms with van der Waals surface area (Å²) in [7, 11) is -0.806. The second-order valence-corrected chi connectivity index (χ2v) is 8.07. The molecular formula is C18H21N3O4S. The number of amides is 2. The van der Waals surface area contributed by atoms with Crippen LogP contribution in [0.25, 0.3) is 0 Å². The highest BCUT2D eigenvalue weighted by Crippen LogP contribution is 2.15. The molecule has 7 nitrogen and oxygen atoms in total. The van der Waals surface area contributed by atoms with Crippen LogP contribution in [0.2, 0.25) is 0 Å². The van der Waals surface area contributed by atoms with Gasteiger partial charge < -0.3 is 10.6 Å². The lowest BCUT2D eigenvalue weighted by Gasteiger charge is -2.12. The highest BCUT2D eigenvalue weighted by Gasteiger charge is 2.18. The minimum atomic E-state index is -3.63. The number of rotatable bonds is 6. The summed E-state index contributed by atoms with van der Waals surface area (Å²) in [5.74, 6) is -0.902. The van der Waals surface area contributed by atoms with Crippen LogP contribution in [-0.4, -0.2) is 45.2 Å². The van der Waals surface area contributed by atoms with Crippen LogP contribution in [0.3, 0.4) is 0 Å². The normalized spacial score (nSPS) is 11.2. The maximum Gasteiger partial charge on any atom is 0.251 e. The Morgan fingerprint density at radius 3 is 2.38 bits per heavy atom. The number of nitrogens with zero attached hydrogens (tertiary/aromatic N) is 1. The second kappa shape index (κ2) is 8.11. The summed E-state index contributed by atoms with van der Waals surface area (Å²) in [5, 5.41) is 5.17. The summed E-state index contributed by atoms with van der Waals surface area (Å²) in [5.41, 5.74) is 1.81. The van der Waals surface area contributed by atoms with E-state index in [0.717, 1.165) is 9.87 Å². The van der Waals surface area contributed by atoms with E-state index in [0.29, 0.717) is 5.69 Å². The maximum absolute atomic E-state index is 12.2. The number of benzene rings is 2. The zero-order valence-electron chi connectivity index (χ0n) is 14.8. The van der Waals surface area contributed by atoms with Crippen molar-refractivity contribution in [1.82, 2.24) is 9.62 Å². The number of sulfonamides is 1. The summed E-state index contributed by atoms with van der Waals surface area (Å²) in [6.45, 7) is 1.68. The number of nitrogens with one attached hydrogen (secondary N) is 2. The molecule has 0 spiro atoms. The van der Waals surface area contributed by atoms with E-state index in [1.54, 1.807) is 6.07 Å². The Morgan fingerprint density at radius 1 is 1.04 bits per heavy atom. The summed E-state index contributed by atoms with van der Waals surface area (Å²) >= 11 is 0. The fourth-order valence-electron chi connectivity index (χ4n) is 2.20. The van der Waals surface area contributed by atoms with E-state index in [4.69, 9.17) is 0 Å². The van der Waals surface area contributed by atoms with Crippen LogP contribution in [0.15, 0.2) is 53.4 Å². The zero-order valence-corrected chi connectivity index (χ0v) is 15.6. The Hall–Kier alpha value is -2.71. The fraction of sp³-hybridized carbons (Fsp3) is 0.222. The van der Waals surface area contributed by atoms with Crippen molar-refractivity contribution in [1.29, 1.82) is 0 Å². The van der Waals surface area contributed by atoms with E-state index in [9.17, 15) is 18.0 Å². The number of hydrogen-bond donors (Lipinski definition) is 2. The average molecular weight is 375 g/mol. The van der Waals surface area contributed by atoms with Gasteiger partial charge in [-0.1, -0.05) is 18.2 Å². The van der Waals surface area contributed by atoms with Crippen molar-refractivity contribution in [3.05, 3.63) is 59.7 Å².